The summed E-state index contributed by atoms with van der Waals surface area (Å²) in [6, 6.07) is 4.47. The molecule has 82 valence electrons. The molecule has 0 aliphatic carbocycles. The molecule has 0 radical (unpaired) electrons. The summed E-state index contributed by atoms with van der Waals surface area (Å²) < 4.78 is 39.9. The fraction of sp³-hybridized carbons (Fsp3) is 0.222. The zero-order valence-corrected chi connectivity index (χ0v) is 8.75. The molecule has 0 bridgehead atoms. The first kappa shape index (κ1) is 11.6. The standard InChI is InChI=1S/C9H9FO4S/c1-14-9(11)6-15(12,13)8-4-2-3-7(10)5-8/h2-5H,6H2,1H3. The highest BCUT2D eigenvalue weighted by molar-refractivity contribution is 7.92. The van der Waals surface area contributed by atoms with E-state index in [0.29, 0.717) is 0 Å². The van der Waals surface area contributed by atoms with Crippen molar-refractivity contribution in [2.45, 2.75) is 4.90 Å². The van der Waals surface area contributed by atoms with Gasteiger partial charge in [-0.05, 0) is 18.2 Å². The molecule has 0 fully saturated rings. The number of sulfone groups is 1. The predicted molar refractivity (Wildman–Crippen MR) is 50.5 cm³/mol. The molecule has 0 saturated carbocycles. The number of carbonyl (C=O) groups excluding carboxylic acids is 1. The van der Waals surface area contributed by atoms with Crippen molar-refractivity contribution in [1.82, 2.24) is 0 Å². The van der Waals surface area contributed by atoms with Gasteiger partial charge in [0.25, 0.3) is 0 Å². The van der Waals surface area contributed by atoms with Crippen molar-refractivity contribution in [3.63, 3.8) is 0 Å². The summed E-state index contributed by atoms with van der Waals surface area (Å²) in [5.74, 6) is -2.33. The van der Waals surface area contributed by atoms with Gasteiger partial charge in [0.1, 0.15) is 5.82 Å². The van der Waals surface area contributed by atoms with Crippen molar-refractivity contribution in [3.05, 3.63) is 30.1 Å². The van der Waals surface area contributed by atoms with E-state index in [1.807, 2.05) is 0 Å². The second-order valence-electron chi connectivity index (χ2n) is 2.79. The number of hydrogen-bond acceptors (Lipinski definition) is 4. The Morgan fingerprint density at radius 3 is 2.67 bits per heavy atom. The lowest BCUT2D eigenvalue weighted by molar-refractivity contribution is -0.137. The van der Waals surface area contributed by atoms with Crippen molar-refractivity contribution >= 4 is 15.8 Å². The molecule has 1 aromatic rings. The third-order valence-corrected chi connectivity index (χ3v) is 3.28. The minimum Gasteiger partial charge on any atom is -0.468 e. The summed E-state index contributed by atoms with van der Waals surface area (Å²) in [6.07, 6.45) is 0. The summed E-state index contributed by atoms with van der Waals surface area (Å²) in [5, 5.41) is 0. The lowest BCUT2D eigenvalue weighted by Crippen LogP contribution is -2.17. The largest absolute Gasteiger partial charge is 0.468 e. The molecule has 0 aromatic heterocycles. The van der Waals surface area contributed by atoms with E-state index in [-0.39, 0.29) is 4.90 Å². The highest BCUT2D eigenvalue weighted by atomic mass is 32.2. The molecule has 0 N–H and O–H groups in total. The number of hydrogen-bond donors (Lipinski definition) is 0. The molecule has 1 rings (SSSR count). The van der Waals surface area contributed by atoms with Crippen LogP contribution in [0.15, 0.2) is 29.2 Å². The van der Waals surface area contributed by atoms with Crippen molar-refractivity contribution in [2.75, 3.05) is 12.9 Å². The van der Waals surface area contributed by atoms with Crippen LogP contribution in [-0.2, 0) is 19.4 Å². The molecule has 15 heavy (non-hydrogen) atoms. The van der Waals surface area contributed by atoms with Crippen molar-refractivity contribution in [2.24, 2.45) is 0 Å². The average Bonchev–Trinajstić information content (AvgIpc) is 2.17. The van der Waals surface area contributed by atoms with Gasteiger partial charge in [0, 0.05) is 0 Å². The molecule has 0 heterocycles. The van der Waals surface area contributed by atoms with Crippen LogP contribution in [0.3, 0.4) is 0 Å². The van der Waals surface area contributed by atoms with E-state index in [1.165, 1.54) is 12.1 Å². The molecular formula is C9H9FO4S. The van der Waals surface area contributed by atoms with Crippen LogP contribution in [0.4, 0.5) is 4.39 Å². The molecule has 0 spiro atoms. The van der Waals surface area contributed by atoms with E-state index in [4.69, 9.17) is 0 Å². The van der Waals surface area contributed by atoms with E-state index in [0.717, 1.165) is 19.2 Å². The maximum absolute atomic E-state index is 12.7. The summed E-state index contributed by atoms with van der Waals surface area (Å²) in [4.78, 5) is 10.6. The number of methoxy groups -OCH3 is 1. The van der Waals surface area contributed by atoms with Gasteiger partial charge in [-0.3, -0.25) is 4.79 Å². The van der Waals surface area contributed by atoms with Gasteiger partial charge in [-0.15, -0.1) is 0 Å². The fourth-order valence-corrected chi connectivity index (χ4v) is 2.13. The van der Waals surface area contributed by atoms with E-state index in [2.05, 4.69) is 4.74 Å². The second-order valence-corrected chi connectivity index (χ2v) is 4.78. The zero-order chi connectivity index (χ0) is 11.5. The van der Waals surface area contributed by atoms with Gasteiger partial charge in [0.05, 0.1) is 12.0 Å². The Balaban J connectivity index is 3.01. The number of benzene rings is 1. The topological polar surface area (TPSA) is 60.4 Å². The first-order valence-electron chi connectivity index (χ1n) is 4.01. The molecule has 0 unspecified atom stereocenters. The van der Waals surface area contributed by atoms with Gasteiger partial charge >= 0.3 is 5.97 Å². The SMILES string of the molecule is COC(=O)CS(=O)(=O)c1cccc(F)c1. The van der Waals surface area contributed by atoms with E-state index in [9.17, 15) is 17.6 Å². The van der Waals surface area contributed by atoms with Gasteiger partial charge in [0.2, 0.25) is 0 Å². The number of ether oxygens (including phenoxy) is 1. The minimum atomic E-state index is -3.81. The normalized spacial score (nSPS) is 11.1. The van der Waals surface area contributed by atoms with Crippen LogP contribution in [0.2, 0.25) is 0 Å². The van der Waals surface area contributed by atoms with Crippen molar-refractivity contribution in [3.8, 4) is 0 Å². The van der Waals surface area contributed by atoms with Crippen LogP contribution < -0.4 is 0 Å². The van der Waals surface area contributed by atoms with Crippen LogP contribution in [0.5, 0.6) is 0 Å². The summed E-state index contributed by atoms with van der Waals surface area (Å²) in [7, 11) is -2.72. The maximum atomic E-state index is 12.7. The zero-order valence-electron chi connectivity index (χ0n) is 7.94. The molecule has 0 aliphatic rings. The Kier molecular flexibility index (Phi) is 3.41. The van der Waals surface area contributed by atoms with E-state index >= 15 is 0 Å². The van der Waals surface area contributed by atoms with Gasteiger partial charge in [-0.1, -0.05) is 6.07 Å². The molecular weight excluding hydrogens is 223 g/mol. The second kappa shape index (κ2) is 4.39. The smallest absolute Gasteiger partial charge is 0.321 e. The van der Waals surface area contributed by atoms with Crippen LogP contribution in [0.1, 0.15) is 0 Å². The van der Waals surface area contributed by atoms with Gasteiger partial charge < -0.3 is 4.74 Å². The third kappa shape index (κ3) is 3.02. The Morgan fingerprint density at radius 2 is 2.13 bits per heavy atom. The van der Waals surface area contributed by atoms with Crippen LogP contribution >= 0.6 is 0 Å². The first-order valence-corrected chi connectivity index (χ1v) is 5.66. The molecule has 6 heteroatoms. The number of carbonyl (C=O) groups is 1. The molecule has 0 amide bonds. The highest BCUT2D eigenvalue weighted by Gasteiger charge is 2.19. The molecule has 0 aliphatic heterocycles. The summed E-state index contributed by atoms with van der Waals surface area (Å²) in [5.41, 5.74) is 0. The first-order chi connectivity index (χ1) is 6.95. The van der Waals surface area contributed by atoms with Gasteiger partial charge in [-0.2, -0.15) is 0 Å². The lowest BCUT2D eigenvalue weighted by atomic mass is 10.4. The quantitative estimate of drug-likeness (QED) is 0.722. The monoisotopic (exact) mass is 232 g/mol. The van der Waals surface area contributed by atoms with Crippen LogP contribution in [-0.4, -0.2) is 27.2 Å². The fourth-order valence-electron chi connectivity index (χ4n) is 0.958. The van der Waals surface area contributed by atoms with Crippen molar-refractivity contribution < 1.29 is 22.3 Å². The lowest BCUT2D eigenvalue weighted by Gasteiger charge is -2.02. The molecule has 0 atom stereocenters. The molecule has 4 nitrogen and oxygen atoms in total. The Labute approximate surface area is 86.6 Å². The van der Waals surface area contributed by atoms with Crippen LogP contribution in [0.25, 0.3) is 0 Å². The summed E-state index contributed by atoms with van der Waals surface area (Å²) >= 11 is 0. The number of halogens is 1. The number of rotatable bonds is 3. The third-order valence-electron chi connectivity index (χ3n) is 1.69. The highest BCUT2D eigenvalue weighted by Crippen LogP contribution is 2.12. The minimum absolute atomic E-state index is 0.229. The number of esters is 1. The Morgan fingerprint density at radius 1 is 1.47 bits per heavy atom. The maximum Gasteiger partial charge on any atom is 0.321 e. The van der Waals surface area contributed by atoms with E-state index in [1.54, 1.807) is 0 Å². The Bertz CT molecular complexity index is 467. The van der Waals surface area contributed by atoms with Gasteiger partial charge in [-0.25, -0.2) is 12.8 Å². The molecule has 1 aromatic carbocycles. The van der Waals surface area contributed by atoms with Crippen LogP contribution in [0, 0.1) is 5.82 Å². The average molecular weight is 232 g/mol. The predicted octanol–water partition coefficient (Wildman–Crippen LogP) is 0.772. The van der Waals surface area contributed by atoms with Gasteiger partial charge in [0.15, 0.2) is 15.6 Å². The Hall–Kier alpha value is -1.43. The molecule has 0 saturated heterocycles. The van der Waals surface area contributed by atoms with Crippen molar-refractivity contribution in [1.29, 1.82) is 0 Å². The summed E-state index contributed by atoms with van der Waals surface area (Å²) in [6.45, 7) is 0. The van der Waals surface area contributed by atoms with E-state index < -0.39 is 27.4 Å².